The number of H-pyrrole nitrogens is 1. The number of guanidine groups is 1. The Morgan fingerprint density at radius 3 is 3.09 bits per heavy atom. The fourth-order valence-corrected chi connectivity index (χ4v) is 3.49. The lowest BCUT2D eigenvalue weighted by molar-refractivity contribution is -0.119. The van der Waals surface area contributed by atoms with Gasteiger partial charge in [0.25, 0.3) is 0 Å². The van der Waals surface area contributed by atoms with Crippen LogP contribution in [0, 0.1) is 12.3 Å². The lowest BCUT2D eigenvalue weighted by atomic mass is 9.79. The average molecular weight is 304 g/mol. The molecule has 0 aromatic carbocycles. The van der Waals surface area contributed by atoms with Gasteiger partial charge in [0.2, 0.25) is 5.91 Å². The molecule has 2 saturated heterocycles. The summed E-state index contributed by atoms with van der Waals surface area (Å²) in [6.45, 7) is 5.38. The molecule has 0 aliphatic carbocycles. The van der Waals surface area contributed by atoms with Gasteiger partial charge in [0.15, 0.2) is 5.96 Å². The van der Waals surface area contributed by atoms with Gasteiger partial charge >= 0.3 is 0 Å². The third-order valence-corrected chi connectivity index (χ3v) is 4.74. The van der Waals surface area contributed by atoms with Crippen molar-refractivity contribution in [2.45, 2.75) is 32.7 Å². The summed E-state index contributed by atoms with van der Waals surface area (Å²) >= 11 is 0. The number of rotatable bonds is 2. The zero-order valence-electron chi connectivity index (χ0n) is 13.3. The quantitative estimate of drug-likeness (QED) is 0.545. The molecular weight excluding hydrogens is 280 g/mol. The third kappa shape index (κ3) is 2.93. The molecule has 1 amide bonds. The molecule has 2 aliphatic heterocycles. The van der Waals surface area contributed by atoms with Crippen LogP contribution in [0.2, 0.25) is 0 Å². The number of likely N-dealkylation sites (tertiary alicyclic amines) is 1. The van der Waals surface area contributed by atoms with Crippen molar-refractivity contribution >= 4 is 11.9 Å². The number of amides is 1. The van der Waals surface area contributed by atoms with Gasteiger partial charge in [0.05, 0.1) is 6.20 Å². The molecule has 1 unspecified atom stereocenters. The third-order valence-electron chi connectivity index (χ3n) is 4.74. The summed E-state index contributed by atoms with van der Waals surface area (Å²) in [5, 5.41) is 13.4. The number of nitrogens with zero attached hydrogens (tertiary/aromatic N) is 3. The Balaban J connectivity index is 1.63. The van der Waals surface area contributed by atoms with E-state index in [1.807, 2.05) is 20.2 Å². The number of aromatic amines is 1. The highest BCUT2D eigenvalue weighted by molar-refractivity contribution is 5.81. The highest BCUT2D eigenvalue weighted by Gasteiger charge is 2.42. The Morgan fingerprint density at radius 2 is 2.45 bits per heavy atom. The summed E-state index contributed by atoms with van der Waals surface area (Å²) in [6, 6.07) is 0. The number of aryl methyl sites for hydroxylation is 1. The van der Waals surface area contributed by atoms with Crippen LogP contribution in [0.5, 0.6) is 0 Å². The van der Waals surface area contributed by atoms with Gasteiger partial charge < -0.3 is 15.5 Å². The van der Waals surface area contributed by atoms with Crippen LogP contribution in [0.4, 0.5) is 0 Å². The number of hydrogen-bond donors (Lipinski definition) is 3. The van der Waals surface area contributed by atoms with Crippen LogP contribution in [0.15, 0.2) is 11.2 Å². The van der Waals surface area contributed by atoms with Gasteiger partial charge in [-0.2, -0.15) is 5.10 Å². The molecule has 1 aromatic heterocycles. The van der Waals surface area contributed by atoms with E-state index in [-0.39, 0.29) is 11.3 Å². The minimum Gasteiger partial charge on any atom is -0.355 e. The zero-order chi connectivity index (χ0) is 15.6. The number of aromatic nitrogens is 2. The molecular formula is C15H24N6O. The second-order valence-corrected chi connectivity index (χ2v) is 6.40. The average Bonchev–Trinajstić information content (AvgIpc) is 3.07. The van der Waals surface area contributed by atoms with Crippen molar-refractivity contribution in [2.24, 2.45) is 10.4 Å². The van der Waals surface area contributed by atoms with E-state index < -0.39 is 0 Å². The van der Waals surface area contributed by atoms with E-state index in [2.05, 4.69) is 30.7 Å². The molecule has 0 saturated carbocycles. The maximum absolute atomic E-state index is 11.6. The molecule has 120 valence electrons. The highest BCUT2D eigenvalue weighted by Crippen LogP contribution is 2.35. The summed E-state index contributed by atoms with van der Waals surface area (Å²) in [5.41, 5.74) is 2.30. The summed E-state index contributed by atoms with van der Waals surface area (Å²) < 4.78 is 0. The minimum absolute atomic E-state index is 0.0819. The minimum atomic E-state index is 0.0819. The standard InChI is InChI=1S/C15H24N6O/c1-11-12(8-19-20-11)7-17-14(16-2)21-5-3-4-15(10-21)6-13(22)18-9-15/h8H,3-7,9-10H2,1-2H3,(H,16,17)(H,18,22)(H,19,20). The lowest BCUT2D eigenvalue weighted by Crippen LogP contribution is -2.51. The van der Waals surface area contributed by atoms with E-state index in [0.29, 0.717) is 13.0 Å². The molecule has 1 spiro atoms. The van der Waals surface area contributed by atoms with Crippen LogP contribution in [0.1, 0.15) is 30.5 Å². The smallest absolute Gasteiger partial charge is 0.220 e. The molecule has 7 heteroatoms. The number of carbonyl (C=O) groups excluding carboxylic acids is 1. The van der Waals surface area contributed by atoms with Crippen LogP contribution < -0.4 is 10.6 Å². The van der Waals surface area contributed by atoms with Gasteiger partial charge in [-0.15, -0.1) is 0 Å². The molecule has 2 aliphatic rings. The van der Waals surface area contributed by atoms with Crippen molar-refractivity contribution in [1.29, 1.82) is 0 Å². The monoisotopic (exact) mass is 304 g/mol. The molecule has 3 rings (SSSR count). The van der Waals surface area contributed by atoms with Crippen molar-refractivity contribution in [3.63, 3.8) is 0 Å². The van der Waals surface area contributed by atoms with Gasteiger partial charge in [-0.3, -0.25) is 14.9 Å². The fourth-order valence-electron chi connectivity index (χ4n) is 3.49. The van der Waals surface area contributed by atoms with Crippen LogP contribution in [0.3, 0.4) is 0 Å². The summed E-state index contributed by atoms with van der Waals surface area (Å²) in [5.74, 6) is 1.08. The van der Waals surface area contributed by atoms with Gasteiger partial charge in [-0.05, 0) is 19.8 Å². The number of hydrogen-bond acceptors (Lipinski definition) is 3. The number of carbonyl (C=O) groups is 1. The topological polar surface area (TPSA) is 85.4 Å². The maximum Gasteiger partial charge on any atom is 0.220 e. The van der Waals surface area contributed by atoms with Crippen LogP contribution in [-0.4, -0.2) is 53.6 Å². The Morgan fingerprint density at radius 1 is 1.59 bits per heavy atom. The molecule has 1 aromatic rings. The van der Waals surface area contributed by atoms with E-state index in [0.717, 1.165) is 49.7 Å². The lowest BCUT2D eigenvalue weighted by Gasteiger charge is -2.40. The van der Waals surface area contributed by atoms with Crippen molar-refractivity contribution in [3.8, 4) is 0 Å². The Hall–Kier alpha value is -2.05. The van der Waals surface area contributed by atoms with Gasteiger partial charge in [-0.25, -0.2) is 0 Å². The first-order valence-corrected chi connectivity index (χ1v) is 7.83. The van der Waals surface area contributed by atoms with Crippen LogP contribution >= 0.6 is 0 Å². The normalized spacial score (nSPS) is 25.6. The van der Waals surface area contributed by atoms with Crippen molar-refractivity contribution in [1.82, 2.24) is 25.7 Å². The van der Waals surface area contributed by atoms with Crippen molar-refractivity contribution in [2.75, 3.05) is 26.7 Å². The van der Waals surface area contributed by atoms with E-state index in [4.69, 9.17) is 0 Å². The predicted molar refractivity (Wildman–Crippen MR) is 84.4 cm³/mol. The van der Waals surface area contributed by atoms with Gasteiger partial charge in [0.1, 0.15) is 0 Å². The van der Waals surface area contributed by atoms with Crippen LogP contribution in [0.25, 0.3) is 0 Å². The molecule has 1 atom stereocenters. The fraction of sp³-hybridized carbons (Fsp3) is 0.667. The number of piperidine rings is 1. The summed E-state index contributed by atoms with van der Waals surface area (Å²) in [6.07, 6.45) is 4.69. The largest absolute Gasteiger partial charge is 0.355 e. The SMILES string of the molecule is CN=C(NCc1cn[nH]c1C)N1CCCC2(CNC(=O)C2)C1. The van der Waals surface area contributed by atoms with Crippen molar-refractivity contribution in [3.05, 3.63) is 17.5 Å². The summed E-state index contributed by atoms with van der Waals surface area (Å²) in [4.78, 5) is 18.3. The van der Waals surface area contributed by atoms with Crippen molar-refractivity contribution < 1.29 is 4.79 Å². The second-order valence-electron chi connectivity index (χ2n) is 6.40. The molecule has 3 heterocycles. The molecule has 7 nitrogen and oxygen atoms in total. The number of nitrogens with one attached hydrogen (secondary N) is 3. The highest BCUT2D eigenvalue weighted by atomic mass is 16.1. The molecule has 0 bridgehead atoms. The van der Waals surface area contributed by atoms with E-state index in [1.54, 1.807) is 0 Å². The Kier molecular flexibility index (Phi) is 4.04. The molecule has 22 heavy (non-hydrogen) atoms. The van der Waals surface area contributed by atoms with Gasteiger partial charge in [0, 0.05) is 56.3 Å². The Bertz CT molecular complexity index is 580. The molecule has 3 N–H and O–H groups in total. The Labute approximate surface area is 130 Å². The van der Waals surface area contributed by atoms with E-state index in [9.17, 15) is 4.79 Å². The first-order valence-electron chi connectivity index (χ1n) is 7.83. The van der Waals surface area contributed by atoms with Gasteiger partial charge in [-0.1, -0.05) is 0 Å². The summed E-state index contributed by atoms with van der Waals surface area (Å²) in [7, 11) is 1.81. The van der Waals surface area contributed by atoms with E-state index in [1.165, 1.54) is 0 Å². The zero-order valence-corrected chi connectivity index (χ0v) is 13.3. The first-order chi connectivity index (χ1) is 10.6. The second kappa shape index (κ2) is 5.98. The molecule has 2 fully saturated rings. The predicted octanol–water partition coefficient (Wildman–Crippen LogP) is 0.396. The van der Waals surface area contributed by atoms with Crippen LogP contribution in [-0.2, 0) is 11.3 Å². The number of aliphatic imine (C=N–C) groups is 1. The maximum atomic E-state index is 11.6. The molecule has 0 radical (unpaired) electrons. The van der Waals surface area contributed by atoms with E-state index >= 15 is 0 Å². The first kappa shape index (κ1) is 14.9.